The van der Waals surface area contributed by atoms with Crippen LogP contribution in [-0.2, 0) is 11.3 Å². The van der Waals surface area contributed by atoms with E-state index in [0.717, 1.165) is 42.6 Å². The van der Waals surface area contributed by atoms with Crippen LogP contribution in [0.5, 0.6) is 0 Å². The molecule has 1 saturated heterocycles. The predicted molar refractivity (Wildman–Crippen MR) is 91.6 cm³/mol. The summed E-state index contributed by atoms with van der Waals surface area (Å²) < 4.78 is 10.8. The van der Waals surface area contributed by atoms with Crippen molar-refractivity contribution >= 4 is 17.3 Å². The maximum absolute atomic E-state index is 5.54. The maximum atomic E-state index is 5.54. The highest BCUT2D eigenvalue weighted by Gasteiger charge is 2.24. The van der Waals surface area contributed by atoms with Crippen molar-refractivity contribution in [3.8, 4) is 10.8 Å². The van der Waals surface area contributed by atoms with E-state index in [-0.39, 0.29) is 0 Å². The molecule has 1 N–H and O–H groups in total. The van der Waals surface area contributed by atoms with E-state index in [1.54, 1.807) is 24.7 Å². The van der Waals surface area contributed by atoms with E-state index in [1.165, 1.54) is 0 Å². The summed E-state index contributed by atoms with van der Waals surface area (Å²) in [6.45, 7) is 3.40. The lowest BCUT2D eigenvalue weighted by atomic mass is 10.1. The third-order valence-corrected chi connectivity index (χ3v) is 4.77. The van der Waals surface area contributed by atoms with E-state index in [1.807, 2.05) is 24.6 Å². The highest BCUT2D eigenvalue weighted by Crippen LogP contribution is 2.23. The van der Waals surface area contributed by atoms with E-state index in [0.29, 0.717) is 18.4 Å². The predicted octanol–water partition coefficient (Wildman–Crippen LogP) is 2.45. The molecule has 0 saturated carbocycles. The number of oxazole rings is 1. The Morgan fingerprint density at radius 3 is 3.26 bits per heavy atom. The quantitative estimate of drug-likeness (QED) is 0.672. The van der Waals surface area contributed by atoms with Crippen molar-refractivity contribution in [3.63, 3.8) is 0 Å². The Hall–Kier alpha value is -1.86. The molecule has 1 aliphatic rings. The van der Waals surface area contributed by atoms with Crippen LogP contribution in [0.3, 0.4) is 0 Å². The smallest absolute Gasteiger partial charge is 0.236 e. The van der Waals surface area contributed by atoms with Crippen LogP contribution in [0.2, 0.25) is 0 Å². The molecule has 0 radical (unpaired) electrons. The molecule has 3 heterocycles. The van der Waals surface area contributed by atoms with Crippen molar-refractivity contribution in [1.82, 2.24) is 15.2 Å². The first-order valence-electron chi connectivity index (χ1n) is 7.73. The lowest BCUT2D eigenvalue weighted by molar-refractivity contribution is 0.157. The minimum atomic E-state index is 0.580. The highest BCUT2D eigenvalue weighted by molar-refractivity contribution is 7.13. The van der Waals surface area contributed by atoms with Crippen molar-refractivity contribution in [2.45, 2.75) is 13.0 Å². The number of hydrogen-bond acceptors (Lipinski definition) is 5. The molecular weight excluding hydrogens is 312 g/mol. The topological polar surface area (TPSA) is 62.9 Å². The zero-order chi connectivity index (χ0) is 16.1. The fourth-order valence-corrected chi connectivity index (χ4v) is 3.46. The third-order valence-electron chi connectivity index (χ3n) is 3.91. The molecule has 1 aliphatic heterocycles. The molecule has 2 aromatic heterocycles. The first kappa shape index (κ1) is 16.0. The van der Waals surface area contributed by atoms with Crippen LogP contribution >= 0.6 is 11.3 Å². The molecule has 0 spiro atoms. The number of aromatic nitrogens is 1. The van der Waals surface area contributed by atoms with Gasteiger partial charge in [0.25, 0.3) is 0 Å². The number of rotatable bonds is 5. The molecule has 0 aliphatic carbocycles. The van der Waals surface area contributed by atoms with Crippen molar-refractivity contribution in [2.24, 2.45) is 10.9 Å². The molecule has 3 rings (SSSR count). The Labute approximate surface area is 140 Å². The van der Waals surface area contributed by atoms with Crippen molar-refractivity contribution in [3.05, 3.63) is 29.5 Å². The largest absolute Gasteiger partial charge is 0.443 e. The van der Waals surface area contributed by atoms with E-state index in [4.69, 9.17) is 9.15 Å². The van der Waals surface area contributed by atoms with Crippen LogP contribution in [0.4, 0.5) is 0 Å². The number of aliphatic imine (C=N–C) groups is 1. The van der Waals surface area contributed by atoms with Crippen molar-refractivity contribution in [2.75, 3.05) is 33.9 Å². The second-order valence-electron chi connectivity index (χ2n) is 5.58. The molecule has 0 aromatic carbocycles. The SMILES string of the molecule is CN=C(NCc1coc(-c2cccs2)n1)N1CCC(COC)C1. The number of nitrogens with zero attached hydrogens (tertiary/aromatic N) is 3. The summed E-state index contributed by atoms with van der Waals surface area (Å²) in [5.41, 5.74) is 0.877. The lowest BCUT2D eigenvalue weighted by Gasteiger charge is -2.21. The fourth-order valence-electron chi connectivity index (χ4n) is 2.80. The van der Waals surface area contributed by atoms with Gasteiger partial charge in [0.15, 0.2) is 5.96 Å². The number of likely N-dealkylation sites (tertiary alicyclic amines) is 1. The Morgan fingerprint density at radius 2 is 2.52 bits per heavy atom. The van der Waals surface area contributed by atoms with Gasteiger partial charge in [-0.1, -0.05) is 6.07 Å². The van der Waals surface area contributed by atoms with Crippen LogP contribution in [0.15, 0.2) is 33.2 Å². The monoisotopic (exact) mass is 334 g/mol. The minimum Gasteiger partial charge on any atom is -0.443 e. The summed E-state index contributed by atoms with van der Waals surface area (Å²) in [5.74, 6) is 2.16. The third kappa shape index (κ3) is 3.92. The Balaban J connectivity index is 1.55. The van der Waals surface area contributed by atoms with Crippen molar-refractivity contribution in [1.29, 1.82) is 0 Å². The van der Waals surface area contributed by atoms with Gasteiger partial charge in [0.2, 0.25) is 5.89 Å². The maximum Gasteiger partial charge on any atom is 0.236 e. The lowest BCUT2D eigenvalue weighted by Crippen LogP contribution is -2.39. The van der Waals surface area contributed by atoms with Gasteiger partial charge < -0.3 is 19.4 Å². The van der Waals surface area contributed by atoms with Gasteiger partial charge >= 0.3 is 0 Å². The number of hydrogen-bond donors (Lipinski definition) is 1. The van der Waals surface area contributed by atoms with Crippen LogP contribution < -0.4 is 5.32 Å². The standard InChI is InChI=1S/C16H22N4O2S/c1-17-16(20-6-5-12(9-20)10-21-2)18-8-13-11-22-15(19-13)14-4-3-7-23-14/h3-4,7,11-12H,5-6,8-10H2,1-2H3,(H,17,18). The highest BCUT2D eigenvalue weighted by atomic mass is 32.1. The van der Waals surface area contributed by atoms with E-state index >= 15 is 0 Å². The Morgan fingerprint density at radius 1 is 1.61 bits per heavy atom. The van der Waals surface area contributed by atoms with Gasteiger partial charge in [0.1, 0.15) is 6.26 Å². The van der Waals surface area contributed by atoms with Gasteiger partial charge in [-0.25, -0.2) is 4.98 Å². The average molecular weight is 334 g/mol. The van der Waals surface area contributed by atoms with Crippen LogP contribution in [0.25, 0.3) is 10.8 Å². The molecule has 1 unspecified atom stereocenters. The van der Waals surface area contributed by atoms with Gasteiger partial charge in [0, 0.05) is 33.2 Å². The van der Waals surface area contributed by atoms with E-state index in [2.05, 4.69) is 20.2 Å². The number of nitrogens with one attached hydrogen (secondary N) is 1. The van der Waals surface area contributed by atoms with Gasteiger partial charge in [-0.3, -0.25) is 4.99 Å². The first-order valence-corrected chi connectivity index (χ1v) is 8.61. The molecule has 1 fully saturated rings. The molecule has 0 amide bonds. The summed E-state index contributed by atoms with van der Waals surface area (Å²) in [5, 5.41) is 5.38. The number of ether oxygens (including phenoxy) is 1. The van der Waals surface area contributed by atoms with Crippen LogP contribution in [-0.4, -0.2) is 49.7 Å². The van der Waals surface area contributed by atoms with Gasteiger partial charge in [0.05, 0.1) is 23.7 Å². The summed E-state index contributed by atoms with van der Waals surface area (Å²) in [4.78, 5) is 12.2. The molecule has 7 heteroatoms. The molecule has 1 atom stereocenters. The average Bonchev–Trinajstić information content (AvgIpc) is 3.30. The summed E-state index contributed by atoms with van der Waals surface area (Å²) >= 11 is 1.62. The van der Waals surface area contributed by atoms with Crippen LogP contribution in [0, 0.1) is 5.92 Å². The first-order chi connectivity index (χ1) is 11.3. The summed E-state index contributed by atoms with van der Waals surface area (Å²) in [6.07, 6.45) is 2.84. The Bertz CT molecular complexity index is 638. The summed E-state index contributed by atoms with van der Waals surface area (Å²) in [6, 6.07) is 4.00. The fraction of sp³-hybridized carbons (Fsp3) is 0.500. The zero-order valence-corrected chi connectivity index (χ0v) is 14.3. The van der Waals surface area contributed by atoms with Gasteiger partial charge in [-0.15, -0.1) is 11.3 Å². The molecule has 23 heavy (non-hydrogen) atoms. The Kier molecular flexibility index (Phi) is 5.30. The normalized spacial score (nSPS) is 18.6. The number of guanidine groups is 1. The van der Waals surface area contributed by atoms with Crippen molar-refractivity contribution < 1.29 is 9.15 Å². The van der Waals surface area contributed by atoms with Gasteiger partial charge in [-0.2, -0.15) is 0 Å². The second-order valence-corrected chi connectivity index (χ2v) is 6.53. The van der Waals surface area contributed by atoms with Crippen LogP contribution in [0.1, 0.15) is 12.1 Å². The molecule has 6 nitrogen and oxygen atoms in total. The van der Waals surface area contributed by atoms with E-state index < -0.39 is 0 Å². The molecule has 124 valence electrons. The number of methoxy groups -OCH3 is 1. The van der Waals surface area contributed by atoms with Gasteiger partial charge in [-0.05, 0) is 17.9 Å². The molecular formula is C16H22N4O2S. The van der Waals surface area contributed by atoms with E-state index in [9.17, 15) is 0 Å². The summed E-state index contributed by atoms with van der Waals surface area (Å²) in [7, 11) is 3.57. The molecule has 2 aromatic rings. The second kappa shape index (κ2) is 7.61. The minimum absolute atomic E-state index is 0.580. The zero-order valence-electron chi connectivity index (χ0n) is 13.5. The molecule has 0 bridgehead atoms. The number of thiophene rings is 1.